The highest BCUT2D eigenvalue weighted by Gasteiger charge is 2.16. The van der Waals surface area contributed by atoms with Crippen LogP contribution in [0.3, 0.4) is 0 Å². The Labute approximate surface area is 116 Å². The first kappa shape index (κ1) is 14.1. The van der Waals surface area contributed by atoms with E-state index in [0.29, 0.717) is 13.0 Å². The molecule has 0 bridgehead atoms. The van der Waals surface area contributed by atoms with E-state index in [9.17, 15) is 9.59 Å². The van der Waals surface area contributed by atoms with Crippen LogP contribution in [0, 0.1) is 0 Å². The van der Waals surface area contributed by atoms with E-state index in [1.165, 1.54) is 0 Å². The summed E-state index contributed by atoms with van der Waals surface area (Å²) in [6.45, 7) is 0.427. The second-order valence-electron chi connectivity index (χ2n) is 4.60. The van der Waals surface area contributed by atoms with Crippen molar-refractivity contribution in [3.05, 3.63) is 36.0 Å². The first-order chi connectivity index (χ1) is 9.58. The van der Waals surface area contributed by atoms with Crippen LogP contribution in [-0.2, 0) is 16.0 Å². The monoisotopic (exact) mass is 275 g/mol. The van der Waals surface area contributed by atoms with Gasteiger partial charge in [-0.2, -0.15) is 0 Å². The molecule has 1 atom stereocenters. The van der Waals surface area contributed by atoms with Crippen molar-refractivity contribution in [3.8, 4) is 0 Å². The van der Waals surface area contributed by atoms with Gasteiger partial charge >= 0.3 is 5.97 Å². The predicted octanol–water partition coefficient (Wildman–Crippen LogP) is 0.629. The van der Waals surface area contributed by atoms with Gasteiger partial charge in [0, 0.05) is 23.6 Å². The SMILES string of the molecule is N[C@@H](CC(=O)O)C(=O)NCCc1cccc2[nH]ccc12. The van der Waals surface area contributed by atoms with E-state index in [4.69, 9.17) is 10.8 Å². The Bertz CT molecular complexity index is 621. The van der Waals surface area contributed by atoms with Crippen molar-refractivity contribution < 1.29 is 14.7 Å². The Kier molecular flexibility index (Phi) is 4.37. The van der Waals surface area contributed by atoms with Crippen molar-refractivity contribution >= 4 is 22.8 Å². The zero-order valence-corrected chi connectivity index (χ0v) is 10.9. The van der Waals surface area contributed by atoms with Gasteiger partial charge in [0.1, 0.15) is 0 Å². The van der Waals surface area contributed by atoms with Gasteiger partial charge < -0.3 is 21.1 Å². The van der Waals surface area contributed by atoms with Crippen molar-refractivity contribution in [2.45, 2.75) is 18.9 Å². The lowest BCUT2D eigenvalue weighted by Crippen LogP contribution is -2.42. The molecule has 0 unspecified atom stereocenters. The van der Waals surface area contributed by atoms with Crippen LogP contribution in [0.15, 0.2) is 30.5 Å². The number of nitrogens with two attached hydrogens (primary N) is 1. The van der Waals surface area contributed by atoms with Crippen molar-refractivity contribution in [2.75, 3.05) is 6.54 Å². The lowest BCUT2D eigenvalue weighted by molar-refractivity contribution is -0.139. The number of hydrogen-bond acceptors (Lipinski definition) is 3. The van der Waals surface area contributed by atoms with Gasteiger partial charge in [0.05, 0.1) is 12.5 Å². The number of aromatic nitrogens is 1. The highest BCUT2D eigenvalue weighted by molar-refractivity contribution is 5.86. The zero-order chi connectivity index (χ0) is 14.5. The first-order valence-electron chi connectivity index (χ1n) is 6.38. The van der Waals surface area contributed by atoms with Gasteiger partial charge in [-0.3, -0.25) is 9.59 Å². The third-order valence-corrected chi connectivity index (χ3v) is 3.11. The van der Waals surface area contributed by atoms with Crippen molar-refractivity contribution in [1.82, 2.24) is 10.3 Å². The molecule has 0 aliphatic carbocycles. The molecule has 0 fully saturated rings. The largest absolute Gasteiger partial charge is 0.481 e. The minimum absolute atomic E-state index is 0.362. The first-order valence-corrected chi connectivity index (χ1v) is 6.38. The highest BCUT2D eigenvalue weighted by Crippen LogP contribution is 2.17. The summed E-state index contributed by atoms with van der Waals surface area (Å²) in [5, 5.41) is 12.3. The van der Waals surface area contributed by atoms with Gasteiger partial charge in [-0.25, -0.2) is 0 Å². The topological polar surface area (TPSA) is 108 Å². The number of H-pyrrole nitrogens is 1. The fourth-order valence-corrected chi connectivity index (χ4v) is 2.10. The van der Waals surface area contributed by atoms with Crippen molar-refractivity contribution in [2.24, 2.45) is 5.73 Å². The number of aromatic amines is 1. The summed E-state index contributed by atoms with van der Waals surface area (Å²) in [5.41, 5.74) is 7.65. The minimum Gasteiger partial charge on any atom is -0.481 e. The molecule has 1 heterocycles. The number of carboxylic acids is 1. The number of nitrogens with one attached hydrogen (secondary N) is 2. The molecule has 1 aromatic heterocycles. The summed E-state index contributed by atoms with van der Waals surface area (Å²) in [4.78, 5) is 25.2. The van der Waals surface area contributed by atoms with Crippen LogP contribution in [-0.4, -0.2) is 34.6 Å². The normalized spacial score (nSPS) is 12.2. The standard InChI is InChI=1S/C14H17N3O3/c15-11(8-13(18)19)14(20)17-6-4-9-2-1-3-12-10(9)5-7-16-12/h1-3,5,7,11,16H,4,6,8,15H2,(H,17,20)(H,18,19)/t11-/m0/s1. The number of carbonyl (C=O) groups excluding carboxylic acids is 1. The second kappa shape index (κ2) is 6.21. The molecule has 1 aromatic carbocycles. The molecule has 5 N–H and O–H groups in total. The van der Waals surface area contributed by atoms with E-state index in [-0.39, 0.29) is 6.42 Å². The van der Waals surface area contributed by atoms with Crippen molar-refractivity contribution in [1.29, 1.82) is 0 Å². The molecule has 0 aliphatic heterocycles. The number of benzene rings is 1. The number of carbonyl (C=O) groups is 2. The van der Waals surface area contributed by atoms with Crippen LogP contribution in [0.4, 0.5) is 0 Å². The highest BCUT2D eigenvalue weighted by atomic mass is 16.4. The maximum atomic E-state index is 11.6. The molecule has 2 rings (SSSR count). The molecule has 0 radical (unpaired) electrons. The number of hydrogen-bond donors (Lipinski definition) is 4. The zero-order valence-electron chi connectivity index (χ0n) is 10.9. The van der Waals surface area contributed by atoms with Gasteiger partial charge in [0.25, 0.3) is 0 Å². The number of fused-ring (bicyclic) bond motifs is 1. The van der Waals surface area contributed by atoms with Gasteiger partial charge in [0.2, 0.25) is 5.91 Å². The third kappa shape index (κ3) is 3.36. The van der Waals surface area contributed by atoms with Crippen LogP contribution in [0.1, 0.15) is 12.0 Å². The summed E-state index contributed by atoms with van der Waals surface area (Å²) in [6, 6.07) is 6.92. The summed E-state index contributed by atoms with van der Waals surface area (Å²) in [7, 11) is 0. The van der Waals surface area contributed by atoms with Gasteiger partial charge in [-0.15, -0.1) is 0 Å². The van der Waals surface area contributed by atoms with E-state index < -0.39 is 17.9 Å². The van der Waals surface area contributed by atoms with E-state index in [0.717, 1.165) is 16.5 Å². The molecule has 6 heteroatoms. The second-order valence-corrected chi connectivity index (χ2v) is 4.60. The fourth-order valence-electron chi connectivity index (χ4n) is 2.10. The van der Waals surface area contributed by atoms with Crippen LogP contribution in [0.25, 0.3) is 10.9 Å². The lowest BCUT2D eigenvalue weighted by atomic mass is 10.1. The Morgan fingerprint density at radius 3 is 2.90 bits per heavy atom. The minimum atomic E-state index is -1.08. The molecule has 0 aliphatic rings. The van der Waals surface area contributed by atoms with Gasteiger partial charge in [-0.05, 0) is 24.1 Å². The van der Waals surface area contributed by atoms with Crippen LogP contribution in [0.2, 0.25) is 0 Å². The van der Waals surface area contributed by atoms with E-state index in [1.54, 1.807) is 0 Å². The molecule has 1 amide bonds. The molecule has 0 saturated carbocycles. The molecule has 6 nitrogen and oxygen atoms in total. The smallest absolute Gasteiger partial charge is 0.305 e. The maximum Gasteiger partial charge on any atom is 0.305 e. The maximum absolute atomic E-state index is 11.6. The van der Waals surface area contributed by atoms with Crippen LogP contribution < -0.4 is 11.1 Å². The summed E-state index contributed by atoms with van der Waals surface area (Å²) in [6.07, 6.45) is 2.18. The molecule has 20 heavy (non-hydrogen) atoms. The van der Waals surface area contributed by atoms with E-state index >= 15 is 0 Å². The average molecular weight is 275 g/mol. The number of amides is 1. The van der Waals surface area contributed by atoms with Crippen LogP contribution >= 0.6 is 0 Å². The average Bonchev–Trinajstić information content (AvgIpc) is 2.86. The molecule has 2 aromatic rings. The summed E-state index contributed by atoms with van der Waals surface area (Å²) in [5.74, 6) is -1.52. The third-order valence-electron chi connectivity index (χ3n) is 3.11. The number of carboxylic acid groups (broad SMARTS) is 1. The summed E-state index contributed by atoms with van der Waals surface area (Å²) < 4.78 is 0. The van der Waals surface area contributed by atoms with E-state index in [2.05, 4.69) is 10.3 Å². The Hall–Kier alpha value is -2.34. The lowest BCUT2D eigenvalue weighted by Gasteiger charge is -2.10. The Morgan fingerprint density at radius 1 is 1.35 bits per heavy atom. The number of rotatable bonds is 6. The molecule has 0 spiro atoms. The van der Waals surface area contributed by atoms with Gasteiger partial charge in [-0.1, -0.05) is 12.1 Å². The molecule has 0 saturated heterocycles. The number of aliphatic carboxylic acids is 1. The van der Waals surface area contributed by atoms with Crippen molar-refractivity contribution in [3.63, 3.8) is 0 Å². The molecule has 106 valence electrons. The summed E-state index contributed by atoms with van der Waals surface area (Å²) >= 11 is 0. The fraction of sp³-hybridized carbons (Fsp3) is 0.286. The van der Waals surface area contributed by atoms with Crippen LogP contribution in [0.5, 0.6) is 0 Å². The quantitative estimate of drug-likeness (QED) is 0.620. The molecular formula is C14H17N3O3. The van der Waals surface area contributed by atoms with Gasteiger partial charge in [0.15, 0.2) is 0 Å². The predicted molar refractivity (Wildman–Crippen MR) is 75.2 cm³/mol. The Morgan fingerprint density at radius 2 is 2.15 bits per heavy atom. The Balaban J connectivity index is 1.88. The molecular weight excluding hydrogens is 258 g/mol. The van der Waals surface area contributed by atoms with E-state index in [1.807, 2.05) is 30.5 Å².